The molecule has 1 fully saturated rings. The van der Waals surface area contributed by atoms with E-state index in [1.54, 1.807) is 25.2 Å². The Labute approximate surface area is 213 Å². The summed E-state index contributed by atoms with van der Waals surface area (Å²) in [7, 11) is 5.61. The monoisotopic (exact) mass is 509 g/mol. The number of nitrogens with zero attached hydrogens (tertiary/aromatic N) is 4. The molecule has 0 saturated carbocycles. The zero-order valence-corrected chi connectivity index (χ0v) is 20.9. The van der Waals surface area contributed by atoms with E-state index in [4.69, 9.17) is 18.9 Å². The molecule has 0 bridgehead atoms. The first-order chi connectivity index (χ1) is 17.9. The van der Waals surface area contributed by atoms with Gasteiger partial charge in [0, 0.05) is 43.3 Å². The fourth-order valence-corrected chi connectivity index (χ4v) is 4.12. The summed E-state index contributed by atoms with van der Waals surface area (Å²) in [4.78, 5) is 49.6. The van der Waals surface area contributed by atoms with Gasteiger partial charge in [-0.05, 0) is 24.3 Å². The zero-order chi connectivity index (χ0) is 26.5. The van der Waals surface area contributed by atoms with Crippen LogP contribution in [-0.2, 0) is 9.47 Å². The van der Waals surface area contributed by atoms with E-state index in [1.807, 2.05) is 6.07 Å². The van der Waals surface area contributed by atoms with Crippen molar-refractivity contribution in [2.75, 3.05) is 64.8 Å². The summed E-state index contributed by atoms with van der Waals surface area (Å²) in [5, 5.41) is 3.57. The third-order valence-corrected chi connectivity index (χ3v) is 6.01. The average molecular weight is 510 g/mol. The van der Waals surface area contributed by atoms with E-state index < -0.39 is 11.9 Å². The lowest BCUT2D eigenvalue weighted by molar-refractivity contribution is 0.0599. The second-order valence-electron chi connectivity index (χ2n) is 8.11. The fourth-order valence-electron chi connectivity index (χ4n) is 4.12. The number of piperazine rings is 1. The number of urea groups is 1. The highest BCUT2D eigenvalue weighted by atomic mass is 16.5. The molecule has 1 saturated heterocycles. The number of fused-ring (bicyclic) bond motifs is 1. The van der Waals surface area contributed by atoms with Crippen LogP contribution in [0.25, 0.3) is 10.9 Å². The van der Waals surface area contributed by atoms with E-state index in [-0.39, 0.29) is 22.8 Å². The van der Waals surface area contributed by atoms with Crippen LogP contribution in [0.4, 0.5) is 16.3 Å². The van der Waals surface area contributed by atoms with Crippen molar-refractivity contribution >= 4 is 40.4 Å². The summed E-state index contributed by atoms with van der Waals surface area (Å²) in [6.07, 6.45) is 1.50. The smallest absolute Gasteiger partial charge is 0.337 e. The summed E-state index contributed by atoms with van der Waals surface area (Å²) in [6, 6.07) is 7.52. The molecule has 2 aromatic carbocycles. The molecular weight excluding hydrogens is 482 g/mol. The number of amides is 2. The average Bonchev–Trinajstić information content (AvgIpc) is 2.94. The number of nitrogens with one attached hydrogen (secondary N) is 1. The van der Waals surface area contributed by atoms with Gasteiger partial charge in [-0.3, -0.25) is 0 Å². The van der Waals surface area contributed by atoms with Gasteiger partial charge in [-0.15, -0.1) is 0 Å². The fraction of sp³-hybridized carbons (Fsp3) is 0.320. The topological polar surface area (TPSA) is 132 Å². The van der Waals surface area contributed by atoms with Gasteiger partial charge >= 0.3 is 18.0 Å². The first-order valence-electron chi connectivity index (χ1n) is 11.4. The van der Waals surface area contributed by atoms with E-state index in [2.05, 4.69) is 20.2 Å². The third kappa shape index (κ3) is 5.32. The Kier molecular flexibility index (Phi) is 7.56. The normalized spacial score (nSPS) is 13.2. The van der Waals surface area contributed by atoms with Crippen molar-refractivity contribution in [3.8, 4) is 11.5 Å². The quantitative estimate of drug-likeness (QED) is 0.494. The van der Waals surface area contributed by atoms with Gasteiger partial charge in [0.15, 0.2) is 11.5 Å². The third-order valence-electron chi connectivity index (χ3n) is 6.01. The molecule has 12 heteroatoms. The van der Waals surface area contributed by atoms with Crippen LogP contribution in [0.1, 0.15) is 20.7 Å². The summed E-state index contributed by atoms with van der Waals surface area (Å²) >= 11 is 0. The van der Waals surface area contributed by atoms with Crippen LogP contribution in [0.2, 0.25) is 0 Å². The second kappa shape index (κ2) is 11.0. The van der Waals surface area contributed by atoms with E-state index in [0.29, 0.717) is 37.7 Å². The minimum absolute atomic E-state index is 0.119. The van der Waals surface area contributed by atoms with Crippen molar-refractivity contribution < 1.29 is 33.3 Å². The number of esters is 2. The number of carbonyl (C=O) groups excluding carboxylic acids is 3. The van der Waals surface area contributed by atoms with Crippen LogP contribution in [0.15, 0.2) is 36.7 Å². The molecule has 3 aromatic rings. The molecule has 37 heavy (non-hydrogen) atoms. The first-order valence-corrected chi connectivity index (χ1v) is 11.4. The molecule has 0 unspecified atom stereocenters. The Morgan fingerprint density at radius 3 is 1.95 bits per heavy atom. The molecule has 0 aliphatic carbocycles. The van der Waals surface area contributed by atoms with Crippen LogP contribution < -0.4 is 19.7 Å². The second-order valence-corrected chi connectivity index (χ2v) is 8.11. The lowest BCUT2D eigenvalue weighted by atomic mass is 10.1. The Balaban J connectivity index is 1.49. The Morgan fingerprint density at radius 1 is 0.784 bits per heavy atom. The Hall–Kier alpha value is -4.61. The molecule has 12 nitrogen and oxygen atoms in total. The van der Waals surface area contributed by atoms with Crippen LogP contribution in [-0.4, -0.2) is 87.5 Å². The van der Waals surface area contributed by atoms with Crippen LogP contribution in [0.5, 0.6) is 11.5 Å². The molecule has 1 N–H and O–H groups in total. The van der Waals surface area contributed by atoms with Gasteiger partial charge in [0.1, 0.15) is 12.1 Å². The maximum absolute atomic E-state index is 13.0. The van der Waals surface area contributed by atoms with E-state index in [9.17, 15) is 14.4 Å². The predicted octanol–water partition coefficient (Wildman–Crippen LogP) is 2.57. The SMILES string of the molecule is COC(=O)c1cc(NC(=O)N2CCN(c3ncnc4cc(OC)c(OC)cc34)CC2)cc(C(=O)OC)c1. The molecule has 0 spiro atoms. The van der Waals surface area contributed by atoms with E-state index in [1.165, 1.54) is 38.7 Å². The van der Waals surface area contributed by atoms with Crippen LogP contribution in [0.3, 0.4) is 0 Å². The van der Waals surface area contributed by atoms with Gasteiger partial charge in [0.25, 0.3) is 0 Å². The molecule has 0 atom stereocenters. The van der Waals surface area contributed by atoms with Gasteiger partial charge in [-0.2, -0.15) is 0 Å². The lowest BCUT2D eigenvalue weighted by Gasteiger charge is -2.35. The minimum Gasteiger partial charge on any atom is -0.493 e. The number of hydrogen-bond acceptors (Lipinski definition) is 10. The molecule has 194 valence electrons. The number of methoxy groups -OCH3 is 4. The van der Waals surface area contributed by atoms with Gasteiger partial charge < -0.3 is 34.1 Å². The highest BCUT2D eigenvalue weighted by Gasteiger charge is 2.25. The van der Waals surface area contributed by atoms with Gasteiger partial charge in [-0.25, -0.2) is 24.4 Å². The van der Waals surface area contributed by atoms with E-state index >= 15 is 0 Å². The predicted molar refractivity (Wildman–Crippen MR) is 135 cm³/mol. The van der Waals surface area contributed by atoms with Crippen molar-refractivity contribution in [1.29, 1.82) is 0 Å². The van der Waals surface area contributed by atoms with Gasteiger partial charge in [0.2, 0.25) is 0 Å². The summed E-state index contributed by atoms with van der Waals surface area (Å²) in [5.74, 6) is 0.610. The maximum atomic E-state index is 13.0. The molecule has 1 aliphatic rings. The molecule has 0 radical (unpaired) electrons. The number of ether oxygens (including phenoxy) is 4. The number of benzene rings is 2. The molecular formula is C25H27N5O7. The highest BCUT2D eigenvalue weighted by molar-refractivity contribution is 5.99. The Bertz CT molecular complexity index is 1300. The summed E-state index contributed by atoms with van der Waals surface area (Å²) < 4.78 is 20.3. The summed E-state index contributed by atoms with van der Waals surface area (Å²) in [6.45, 7) is 1.91. The van der Waals surface area contributed by atoms with Crippen molar-refractivity contribution in [3.05, 3.63) is 47.8 Å². The number of aromatic nitrogens is 2. The first kappa shape index (κ1) is 25.5. The standard InChI is InChI=1S/C25H27N5O7/c1-34-20-12-18-19(13-21(20)35-2)26-14-27-22(18)29-5-7-30(8-6-29)25(33)28-17-10-15(23(31)36-3)9-16(11-17)24(32)37-4/h9-14H,5-8H2,1-4H3,(H,28,33). The molecule has 2 amide bonds. The number of hydrogen-bond donors (Lipinski definition) is 1. The van der Waals surface area contributed by atoms with Crippen molar-refractivity contribution in [2.24, 2.45) is 0 Å². The zero-order valence-electron chi connectivity index (χ0n) is 20.9. The summed E-state index contributed by atoms with van der Waals surface area (Å²) in [5.41, 5.74) is 1.23. The van der Waals surface area contributed by atoms with Crippen molar-refractivity contribution in [3.63, 3.8) is 0 Å². The van der Waals surface area contributed by atoms with Crippen molar-refractivity contribution in [1.82, 2.24) is 14.9 Å². The molecule has 2 heterocycles. The van der Waals surface area contributed by atoms with E-state index in [0.717, 1.165) is 16.7 Å². The molecule has 1 aromatic heterocycles. The van der Waals surface area contributed by atoms with Crippen LogP contribution >= 0.6 is 0 Å². The molecule has 4 rings (SSSR count). The number of rotatable bonds is 6. The van der Waals surface area contributed by atoms with Gasteiger partial charge in [-0.1, -0.05) is 0 Å². The lowest BCUT2D eigenvalue weighted by Crippen LogP contribution is -2.50. The highest BCUT2D eigenvalue weighted by Crippen LogP contribution is 2.35. The minimum atomic E-state index is -0.638. The maximum Gasteiger partial charge on any atom is 0.337 e. The van der Waals surface area contributed by atoms with Crippen molar-refractivity contribution in [2.45, 2.75) is 0 Å². The number of anilines is 2. The largest absolute Gasteiger partial charge is 0.493 e. The Morgan fingerprint density at radius 2 is 1.38 bits per heavy atom. The number of carbonyl (C=O) groups is 3. The molecule has 1 aliphatic heterocycles. The van der Waals surface area contributed by atoms with Crippen LogP contribution in [0, 0.1) is 0 Å². The van der Waals surface area contributed by atoms with Gasteiger partial charge in [0.05, 0.1) is 45.1 Å².